The van der Waals surface area contributed by atoms with Crippen molar-refractivity contribution in [1.82, 2.24) is 0 Å². The molecule has 0 N–H and O–H groups in total. The first-order chi connectivity index (χ1) is 11.1. The average molecular weight is 544 g/mol. The number of hydrogen-bond donors (Lipinski definition) is 0. The summed E-state index contributed by atoms with van der Waals surface area (Å²) in [5.74, 6) is 0. The summed E-state index contributed by atoms with van der Waals surface area (Å²) in [4.78, 5) is 0. The Hall–Kier alpha value is 1.48. The molecule has 3 nitrogen and oxygen atoms in total. The number of rotatable bonds is 16. The summed E-state index contributed by atoms with van der Waals surface area (Å²) >= 11 is -5.97. The Kier molecular flexibility index (Phi) is 15.6. The van der Waals surface area contributed by atoms with Crippen LogP contribution in [0.2, 0.25) is 17.7 Å². The maximum atomic E-state index is 7.17. The van der Waals surface area contributed by atoms with Crippen LogP contribution in [0.1, 0.15) is 80.1 Å². The summed E-state index contributed by atoms with van der Waals surface area (Å²) in [6, 6.07) is 0. The van der Waals surface area contributed by atoms with Gasteiger partial charge in [0.2, 0.25) is 0 Å². The standard InChI is InChI=1S/2C3H7O.4C3H7.O.2Sn/c2*1-2-3-4;4*1-3-2;;;/h2*2-3H2,1H3;4*1,3H2,2H3;;;/q2*-1;;;;;;2*+1. The molecule has 0 aliphatic rings. The van der Waals surface area contributed by atoms with Crippen molar-refractivity contribution < 1.29 is 7.56 Å². The van der Waals surface area contributed by atoms with Crippen molar-refractivity contribution in [3.63, 3.8) is 0 Å². The molecule has 5 heteroatoms. The summed E-state index contributed by atoms with van der Waals surface area (Å²) in [6.07, 6.45) is 6.94. The van der Waals surface area contributed by atoms with Gasteiger partial charge in [0.1, 0.15) is 0 Å². The zero-order valence-corrected chi connectivity index (χ0v) is 22.4. The first-order valence-corrected chi connectivity index (χ1v) is 22.8. The van der Waals surface area contributed by atoms with E-state index in [1.54, 1.807) is 0 Å². The van der Waals surface area contributed by atoms with Gasteiger partial charge in [-0.05, 0) is 0 Å². The third kappa shape index (κ3) is 9.66. The van der Waals surface area contributed by atoms with E-state index in [0.29, 0.717) is 0 Å². The molecule has 0 aromatic heterocycles. The van der Waals surface area contributed by atoms with Gasteiger partial charge in [-0.1, -0.05) is 0 Å². The molecule has 0 aromatic rings. The van der Waals surface area contributed by atoms with E-state index in [4.69, 9.17) is 7.56 Å². The molecule has 0 saturated carbocycles. The first kappa shape index (κ1) is 24.5. The minimum atomic E-state index is -2.99. The fraction of sp³-hybridized carbons (Fsp3) is 1.00. The predicted octanol–water partition coefficient (Wildman–Crippen LogP) is 6.38. The van der Waals surface area contributed by atoms with Crippen LogP contribution in [0.5, 0.6) is 0 Å². The van der Waals surface area contributed by atoms with Gasteiger partial charge >= 0.3 is 157 Å². The molecule has 0 aliphatic carbocycles. The van der Waals surface area contributed by atoms with Crippen molar-refractivity contribution in [2.24, 2.45) is 0 Å². The van der Waals surface area contributed by atoms with Crippen molar-refractivity contribution in [1.29, 1.82) is 0 Å². The van der Waals surface area contributed by atoms with Crippen LogP contribution in [0.4, 0.5) is 0 Å². The van der Waals surface area contributed by atoms with Crippen molar-refractivity contribution in [3.05, 3.63) is 0 Å². The van der Waals surface area contributed by atoms with E-state index in [1.807, 2.05) is 0 Å². The van der Waals surface area contributed by atoms with Crippen LogP contribution in [-0.4, -0.2) is 51.6 Å². The molecule has 23 heavy (non-hydrogen) atoms. The second-order valence-electron chi connectivity index (χ2n) is 6.62. The van der Waals surface area contributed by atoms with Crippen LogP contribution in [0.25, 0.3) is 0 Å². The van der Waals surface area contributed by atoms with E-state index < -0.39 is 38.4 Å². The average Bonchev–Trinajstić information content (AvgIpc) is 2.52. The summed E-state index contributed by atoms with van der Waals surface area (Å²) in [6.45, 7) is 15.3. The summed E-state index contributed by atoms with van der Waals surface area (Å²) in [5, 5.41) is 0. The topological polar surface area (TPSA) is 27.7 Å². The van der Waals surface area contributed by atoms with Gasteiger partial charge in [0.25, 0.3) is 0 Å². The normalized spacial score (nSPS) is 12.8. The molecular formula is C18H42O3Sn2. The van der Waals surface area contributed by atoms with Crippen LogP contribution < -0.4 is 0 Å². The molecule has 0 amide bonds. The Labute approximate surface area is 156 Å². The van der Waals surface area contributed by atoms with Crippen LogP contribution in [0.15, 0.2) is 0 Å². The van der Waals surface area contributed by atoms with Crippen molar-refractivity contribution in [2.75, 3.05) is 13.2 Å². The Morgan fingerprint density at radius 1 is 0.478 bits per heavy atom. The van der Waals surface area contributed by atoms with Crippen LogP contribution in [0.3, 0.4) is 0 Å². The molecule has 0 saturated heterocycles. The molecule has 0 atom stereocenters. The summed E-state index contributed by atoms with van der Waals surface area (Å²) in [7, 11) is 0. The molecule has 0 aliphatic heterocycles. The molecule has 0 radical (unpaired) electrons. The van der Waals surface area contributed by atoms with E-state index in [-0.39, 0.29) is 0 Å². The summed E-state index contributed by atoms with van der Waals surface area (Å²) < 4.78 is 25.1. The molecule has 0 rings (SSSR count). The van der Waals surface area contributed by atoms with Crippen LogP contribution in [-0.2, 0) is 7.56 Å². The van der Waals surface area contributed by atoms with Crippen molar-refractivity contribution >= 4 is 38.4 Å². The second-order valence-corrected chi connectivity index (χ2v) is 28.9. The van der Waals surface area contributed by atoms with E-state index in [1.165, 1.54) is 43.4 Å². The Balaban J connectivity index is 5.39. The SMILES string of the molecule is CCC[O][Sn]([CH2]CC)([CH2]CC)[O][Sn]([CH2]CC)([CH2]CC)[O]CCC. The van der Waals surface area contributed by atoms with Gasteiger partial charge in [0.05, 0.1) is 0 Å². The van der Waals surface area contributed by atoms with Gasteiger partial charge in [-0.15, -0.1) is 0 Å². The number of hydrogen-bond acceptors (Lipinski definition) is 3. The molecule has 0 unspecified atom stereocenters. The Morgan fingerprint density at radius 3 is 1.00 bits per heavy atom. The molecule has 0 spiro atoms. The zero-order chi connectivity index (χ0) is 17.6. The third-order valence-corrected chi connectivity index (χ3v) is 39.0. The van der Waals surface area contributed by atoms with E-state index in [9.17, 15) is 0 Å². The monoisotopic (exact) mass is 546 g/mol. The quantitative estimate of drug-likeness (QED) is 0.211. The van der Waals surface area contributed by atoms with Gasteiger partial charge in [-0.2, -0.15) is 0 Å². The summed E-state index contributed by atoms with van der Waals surface area (Å²) in [5.41, 5.74) is 0. The van der Waals surface area contributed by atoms with E-state index in [0.717, 1.165) is 26.1 Å². The van der Waals surface area contributed by atoms with Gasteiger partial charge in [-0.3, -0.25) is 0 Å². The van der Waals surface area contributed by atoms with Gasteiger partial charge < -0.3 is 0 Å². The van der Waals surface area contributed by atoms with Crippen LogP contribution in [0, 0.1) is 0 Å². The predicted molar refractivity (Wildman–Crippen MR) is 105 cm³/mol. The second kappa shape index (κ2) is 14.6. The van der Waals surface area contributed by atoms with Crippen molar-refractivity contribution in [2.45, 2.75) is 97.8 Å². The fourth-order valence-corrected chi connectivity index (χ4v) is 44.8. The fourth-order valence-electron chi connectivity index (χ4n) is 3.24. The van der Waals surface area contributed by atoms with Gasteiger partial charge in [0, 0.05) is 0 Å². The molecule has 140 valence electrons. The van der Waals surface area contributed by atoms with E-state index in [2.05, 4.69) is 41.5 Å². The molecule has 0 aromatic carbocycles. The molecule has 0 heterocycles. The molecular weight excluding hydrogens is 502 g/mol. The van der Waals surface area contributed by atoms with Gasteiger partial charge in [-0.25, -0.2) is 0 Å². The maximum absolute atomic E-state index is 7.17. The Morgan fingerprint density at radius 2 is 0.783 bits per heavy atom. The zero-order valence-electron chi connectivity index (χ0n) is 16.7. The third-order valence-electron chi connectivity index (χ3n) is 4.03. The first-order valence-electron chi connectivity index (χ1n) is 10.1. The minimum absolute atomic E-state index is 0.879. The van der Waals surface area contributed by atoms with Crippen molar-refractivity contribution in [3.8, 4) is 0 Å². The van der Waals surface area contributed by atoms with Crippen LogP contribution >= 0.6 is 0 Å². The van der Waals surface area contributed by atoms with E-state index >= 15 is 0 Å². The van der Waals surface area contributed by atoms with Gasteiger partial charge in [0.15, 0.2) is 0 Å². The molecule has 0 bridgehead atoms. The molecule has 0 fully saturated rings. The Bertz CT molecular complexity index is 237.